The van der Waals surface area contributed by atoms with Crippen molar-refractivity contribution < 1.29 is 0 Å². The highest BCUT2D eigenvalue weighted by Gasteiger charge is 2.18. The summed E-state index contributed by atoms with van der Waals surface area (Å²) in [4.78, 5) is 13.9. The van der Waals surface area contributed by atoms with Crippen molar-refractivity contribution in [2.45, 2.75) is 13.8 Å². The van der Waals surface area contributed by atoms with Crippen molar-refractivity contribution in [3.8, 4) is 6.07 Å². The zero-order chi connectivity index (χ0) is 16.9. The molecule has 1 aliphatic heterocycles. The number of nitrogens with one attached hydrogen (secondary N) is 1. The molecule has 0 unspecified atom stereocenters. The molecular formula is C18H22N6. The second kappa shape index (κ2) is 7.28. The molecule has 1 aromatic heterocycles. The predicted octanol–water partition coefficient (Wildman–Crippen LogP) is 2.54. The first-order valence-corrected chi connectivity index (χ1v) is 8.28. The van der Waals surface area contributed by atoms with Gasteiger partial charge in [0.05, 0.1) is 11.6 Å². The van der Waals surface area contributed by atoms with Gasteiger partial charge in [0.1, 0.15) is 5.82 Å². The second-order valence-corrected chi connectivity index (χ2v) is 5.93. The molecule has 2 aromatic rings. The normalized spacial score (nSPS) is 15.1. The van der Waals surface area contributed by atoms with Gasteiger partial charge in [-0.1, -0.05) is 13.0 Å². The molecule has 2 heterocycles. The topological polar surface area (TPSA) is 68.1 Å². The second-order valence-electron chi connectivity index (χ2n) is 5.93. The molecule has 1 saturated heterocycles. The maximum absolute atomic E-state index is 9.01. The van der Waals surface area contributed by atoms with Gasteiger partial charge in [-0.3, -0.25) is 0 Å². The highest BCUT2D eigenvalue weighted by molar-refractivity contribution is 5.59. The Morgan fingerprint density at radius 2 is 1.96 bits per heavy atom. The molecular weight excluding hydrogens is 300 g/mol. The largest absolute Gasteiger partial charge is 0.340 e. The summed E-state index contributed by atoms with van der Waals surface area (Å²) in [5, 5.41) is 12.3. The molecule has 0 atom stereocenters. The molecule has 124 valence electrons. The van der Waals surface area contributed by atoms with Crippen LogP contribution in [0.5, 0.6) is 0 Å². The standard InChI is InChI=1S/C18H22N6/c1-3-23-7-9-24(10-8-23)18-20-14(2)11-17(22-18)21-16-6-4-5-15(12-16)13-19/h4-6,11-12H,3,7-10H2,1-2H3,(H,20,21,22). The van der Waals surface area contributed by atoms with E-state index in [1.54, 1.807) is 6.07 Å². The van der Waals surface area contributed by atoms with Gasteiger partial charge < -0.3 is 15.1 Å². The quantitative estimate of drug-likeness (QED) is 0.933. The molecule has 1 aliphatic rings. The number of aryl methyl sites for hydroxylation is 1. The van der Waals surface area contributed by atoms with E-state index in [4.69, 9.17) is 5.26 Å². The van der Waals surface area contributed by atoms with Gasteiger partial charge in [0.2, 0.25) is 5.95 Å². The van der Waals surface area contributed by atoms with Crippen LogP contribution >= 0.6 is 0 Å². The van der Waals surface area contributed by atoms with Gasteiger partial charge in [-0.05, 0) is 31.7 Å². The summed E-state index contributed by atoms with van der Waals surface area (Å²) in [5.74, 6) is 1.52. The number of rotatable bonds is 4. The minimum Gasteiger partial charge on any atom is -0.340 e. The highest BCUT2D eigenvalue weighted by Crippen LogP contribution is 2.20. The molecule has 0 radical (unpaired) electrons. The number of aromatic nitrogens is 2. The SMILES string of the molecule is CCN1CCN(c2nc(C)cc(Nc3cccc(C#N)c3)n2)CC1. The van der Waals surface area contributed by atoms with Gasteiger partial charge in [0.25, 0.3) is 0 Å². The van der Waals surface area contributed by atoms with Gasteiger partial charge in [0.15, 0.2) is 0 Å². The lowest BCUT2D eigenvalue weighted by Crippen LogP contribution is -2.46. The van der Waals surface area contributed by atoms with E-state index in [0.29, 0.717) is 5.56 Å². The summed E-state index contributed by atoms with van der Waals surface area (Å²) >= 11 is 0. The van der Waals surface area contributed by atoms with Crippen LogP contribution in [-0.4, -0.2) is 47.6 Å². The van der Waals surface area contributed by atoms with Gasteiger partial charge in [0, 0.05) is 43.6 Å². The Labute approximate surface area is 142 Å². The first-order chi connectivity index (χ1) is 11.7. The van der Waals surface area contributed by atoms with Crippen LogP contribution in [0.4, 0.5) is 17.5 Å². The van der Waals surface area contributed by atoms with E-state index in [1.165, 1.54) is 0 Å². The van der Waals surface area contributed by atoms with Gasteiger partial charge in [-0.2, -0.15) is 10.2 Å². The summed E-state index contributed by atoms with van der Waals surface area (Å²) in [6, 6.07) is 11.5. The Morgan fingerprint density at radius 3 is 2.67 bits per heavy atom. The molecule has 0 spiro atoms. The van der Waals surface area contributed by atoms with Crippen molar-refractivity contribution in [1.29, 1.82) is 5.26 Å². The number of hydrogen-bond donors (Lipinski definition) is 1. The van der Waals surface area contributed by atoms with E-state index >= 15 is 0 Å². The lowest BCUT2D eigenvalue weighted by molar-refractivity contribution is 0.270. The summed E-state index contributed by atoms with van der Waals surface area (Å²) in [6.07, 6.45) is 0. The Hall–Kier alpha value is -2.65. The van der Waals surface area contributed by atoms with E-state index in [1.807, 2.05) is 31.2 Å². The zero-order valence-corrected chi connectivity index (χ0v) is 14.2. The van der Waals surface area contributed by atoms with Crippen LogP contribution in [-0.2, 0) is 0 Å². The Morgan fingerprint density at radius 1 is 1.17 bits per heavy atom. The zero-order valence-electron chi connectivity index (χ0n) is 14.2. The molecule has 1 fully saturated rings. The van der Waals surface area contributed by atoms with Crippen LogP contribution in [0, 0.1) is 18.3 Å². The number of nitriles is 1. The smallest absolute Gasteiger partial charge is 0.227 e. The summed E-state index contributed by atoms with van der Waals surface area (Å²) < 4.78 is 0. The lowest BCUT2D eigenvalue weighted by Gasteiger charge is -2.34. The van der Waals surface area contributed by atoms with Crippen LogP contribution in [0.1, 0.15) is 18.2 Å². The van der Waals surface area contributed by atoms with E-state index in [9.17, 15) is 0 Å². The molecule has 0 saturated carbocycles. The van der Waals surface area contributed by atoms with Gasteiger partial charge >= 0.3 is 0 Å². The summed E-state index contributed by atoms with van der Waals surface area (Å²) in [7, 11) is 0. The predicted molar refractivity (Wildman–Crippen MR) is 95.5 cm³/mol. The molecule has 0 aliphatic carbocycles. The number of anilines is 3. The third-order valence-corrected chi connectivity index (χ3v) is 4.21. The first-order valence-electron chi connectivity index (χ1n) is 8.28. The van der Waals surface area contributed by atoms with Crippen molar-refractivity contribution in [2.24, 2.45) is 0 Å². The average Bonchev–Trinajstić information content (AvgIpc) is 2.61. The summed E-state index contributed by atoms with van der Waals surface area (Å²) in [5.41, 5.74) is 2.41. The number of nitrogens with zero attached hydrogens (tertiary/aromatic N) is 5. The number of piperazine rings is 1. The molecule has 6 heteroatoms. The Balaban J connectivity index is 1.78. The van der Waals surface area contributed by atoms with E-state index in [-0.39, 0.29) is 0 Å². The molecule has 0 amide bonds. The van der Waals surface area contributed by atoms with Crippen molar-refractivity contribution in [2.75, 3.05) is 42.9 Å². The molecule has 1 N–H and O–H groups in total. The van der Waals surface area contributed by atoms with Crippen LogP contribution in [0.25, 0.3) is 0 Å². The van der Waals surface area contributed by atoms with E-state index in [0.717, 1.165) is 55.9 Å². The highest BCUT2D eigenvalue weighted by atomic mass is 15.3. The number of benzene rings is 1. The number of hydrogen-bond acceptors (Lipinski definition) is 6. The van der Waals surface area contributed by atoms with Crippen molar-refractivity contribution >= 4 is 17.5 Å². The first kappa shape index (κ1) is 16.2. The number of likely N-dealkylation sites (N-methyl/N-ethyl adjacent to an activating group) is 1. The van der Waals surface area contributed by atoms with Gasteiger partial charge in [-0.15, -0.1) is 0 Å². The van der Waals surface area contributed by atoms with Crippen molar-refractivity contribution in [3.63, 3.8) is 0 Å². The maximum Gasteiger partial charge on any atom is 0.227 e. The lowest BCUT2D eigenvalue weighted by atomic mass is 10.2. The molecule has 3 rings (SSSR count). The molecule has 24 heavy (non-hydrogen) atoms. The van der Waals surface area contributed by atoms with E-state index in [2.05, 4.69) is 38.1 Å². The fourth-order valence-electron chi connectivity index (χ4n) is 2.84. The monoisotopic (exact) mass is 322 g/mol. The minimum absolute atomic E-state index is 0.627. The van der Waals surface area contributed by atoms with Crippen LogP contribution in [0.3, 0.4) is 0 Å². The third-order valence-electron chi connectivity index (χ3n) is 4.21. The van der Waals surface area contributed by atoms with Gasteiger partial charge in [-0.25, -0.2) is 4.98 Å². The summed E-state index contributed by atoms with van der Waals surface area (Å²) in [6.45, 7) is 9.23. The third kappa shape index (κ3) is 3.81. The average molecular weight is 322 g/mol. The molecule has 0 bridgehead atoms. The fourth-order valence-corrected chi connectivity index (χ4v) is 2.84. The molecule has 6 nitrogen and oxygen atoms in total. The van der Waals surface area contributed by atoms with Crippen molar-refractivity contribution in [3.05, 3.63) is 41.6 Å². The van der Waals surface area contributed by atoms with E-state index < -0.39 is 0 Å². The Kier molecular flexibility index (Phi) is 4.92. The Bertz CT molecular complexity index is 743. The van der Waals surface area contributed by atoms with Crippen LogP contribution in [0.2, 0.25) is 0 Å². The van der Waals surface area contributed by atoms with Crippen molar-refractivity contribution in [1.82, 2.24) is 14.9 Å². The van der Waals surface area contributed by atoms with Crippen LogP contribution in [0.15, 0.2) is 30.3 Å². The molecule has 1 aromatic carbocycles. The maximum atomic E-state index is 9.01. The fraction of sp³-hybridized carbons (Fsp3) is 0.389. The minimum atomic E-state index is 0.627. The van der Waals surface area contributed by atoms with Crippen LogP contribution < -0.4 is 10.2 Å².